The molecule has 0 radical (unpaired) electrons. The second-order valence-electron chi connectivity index (χ2n) is 6.25. The first-order valence-electron chi connectivity index (χ1n) is 8.18. The molecule has 2 aliphatic rings. The number of anilines is 3. The van der Waals surface area contributed by atoms with Crippen molar-refractivity contribution in [3.05, 3.63) is 42.1 Å². The van der Waals surface area contributed by atoms with E-state index < -0.39 is 10.0 Å². The third kappa shape index (κ3) is 3.17. The molecule has 3 heterocycles. The largest absolute Gasteiger partial charge is 0.370 e. The third-order valence-electron chi connectivity index (χ3n) is 4.47. The van der Waals surface area contributed by atoms with Crippen molar-refractivity contribution in [1.82, 2.24) is 4.98 Å². The average molecular weight is 358 g/mol. The van der Waals surface area contributed by atoms with Crippen LogP contribution in [0.5, 0.6) is 0 Å². The molecule has 25 heavy (non-hydrogen) atoms. The van der Waals surface area contributed by atoms with Gasteiger partial charge in [0.25, 0.3) is 10.0 Å². The van der Waals surface area contributed by atoms with Crippen molar-refractivity contribution in [2.24, 2.45) is 0 Å². The van der Waals surface area contributed by atoms with Crippen LogP contribution in [0.3, 0.4) is 0 Å². The molecule has 1 aromatic heterocycles. The van der Waals surface area contributed by atoms with Crippen molar-refractivity contribution < 1.29 is 13.2 Å². The molecule has 0 bridgehead atoms. The molecule has 1 fully saturated rings. The lowest BCUT2D eigenvalue weighted by molar-refractivity contribution is -0.115. The summed E-state index contributed by atoms with van der Waals surface area (Å²) in [7, 11) is -3.75. The number of nitrogens with one attached hydrogen (secondary N) is 2. The summed E-state index contributed by atoms with van der Waals surface area (Å²) in [5, 5.41) is 2.69. The van der Waals surface area contributed by atoms with Crippen molar-refractivity contribution >= 4 is 33.1 Å². The Morgan fingerprint density at radius 2 is 1.92 bits per heavy atom. The van der Waals surface area contributed by atoms with Crippen molar-refractivity contribution in [2.45, 2.75) is 24.2 Å². The van der Waals surface area contributed by atoms with Gasteiger partial charge in [0.05, 0.1) is 23.2 Å². The van der Waals surface area contributed by atoms with E-state index in [1.807, 2.05) is 6.07 Å². The zero-order chi connectivity index (χ0) is 17.4. The molecule has 1 amide bonds. The molecule has 0 saturated carbocycles. The van der Waals surface area contributed by atoms with Crippen LogP contribution in [0.4, 0.5) is 17.2 Å². The molecule has 1 aromatic carbocycles. The van der Waals surface area contributed by atoms with Gasteiger partial charge in [-0.3, -0.25) is 9.52 Å². The molecule has 2 aromatic rings. The van der Waals surface area contributed by atoms with E-state index in [0.29, 0.717) is 11.3 Å². The van der Waals surface area contributed by atoms with Crippen LogP contribution in [0.15, 0.2) is 41.4 Å². The Labute approximate surface area is 146 Å². The molecule has 2 aliphatic heterocycles. The normalized spacial score (nSPS) is 16.6. The number of aromatic nitrogens is 1. The lowest BCUT2D eigenvalue weighted by Crippen LogP contribution is -2.18. The first-order chi connectivity index (χ1) is 12.0. The van der Waals surface area contributed by atoms with E-state index >= 15 is 0 Å². The van der Waals surface area contributed by atoms with E-state index in [1.54, 1.807) is 18.3 Å². The van der Waals surface area contributed by atoms with Gasteiger partial charge < -0.3 is 10.2 Å². The minimum atomic E-state index is -3.75. The highest BCUT2D eigenvalue weighted by atomic mass is 32.2. The highest BCUT2D eigenvalue weighted by Crippen LogP contribution is 2.27. The third-order valence-corrected chi connectivity index (χ3v) is 5.82. The van der Waals surface area contributed by atoms with Gasteiger partial charge in [-0.25, -0.2) is 13.4 Å². The Morgan fingerprint density at radius 1 is 1.12 bits per heavy atom. The summed E-state index contributed by atoms with van der Waals surface area (Å²) in [5.74, 6) is 0.148. The van der Waals surface area contributed by atoms with Gasteiger partial charge in [0, 0.05) is 18.8 Å². The van der Waals surface area contributed by atoms with Crippen LogP contribution in [0.1, 0.15) is 18.4 Å². The Kier molecular flexibility index (Phi) is 3.84. The summed E-state index contributed by atoms with van der Waals surface area (Å²) in [6.45, 7) is 2.02. The maximum Gasteiger partial charge on any atom is 0.263 e. The maximum absolute atomic E-state index is 12.6. The van der Waals surface area contributed by atoms with Crippen LogP contribution in [0, 0.1) is 0 Å². The number of rotatable bonds is 4. The van der Waals surface area contributed by atoms with Crippen molar-refractivity contribution in [1.29, 1.82) is 0 Å². The van der Waals surface area contributed by atoms with E-state index in [4.69, 9.17) is 0 Å². The average Bonchev–Trinajstić information content (AvgIpc) is 3.22. The number of sulfonamides is 1. The first-order valence-corrected chi connectivity index (χ1v) is 9.66. The number of hydrogen-bond donors (Lipinski definition) is 2. The minimum absolute atomic E-state index is 0.119. The monoisotopic (exact) mass is 358 g/mol. The molecule has 130 valence electrons. The predicted molar refractivity (Wildman–Crippen MR) is 95.3 cm³/mol. The van der Waals surface area contributed by atoms with Gasteiger partial charge in [-0.2, -0.15) is 0 Å². The first kappa shape index (κ1) is 15.9. The summed E-state index contributed by atoms with van der Waals surface area (Å²) >= 11 is 0. The molecule has 4 rings (SSSR count). The van der Waals surface area contributed by atoms with Gasteiger partial charge in [-0.05, 0) is 48.7 Å². The van der Waals surface area contributed by atoms with Crippen LogP contribution in [0.2, 0.25) is 0 Å². The Bertz CT molecular complexity index is 919. The fraction of sp³-hybridized carbons (Fsp3) is 0.294. The molecule has 2 N–H and O–H groups in total. The number of nitrogens with zero attached hydrogens (tertiary/aromatic N) is 2. The fourth-order valence-electron chi connectivity index (χ4n) is 3.18. The zero-order valence-corrected chi connectivity index (χ0v) is 14.3. The van der Waals surface area contributed by atoms with E-state index in [1.165, 1.54) is 25.0 Å². The zero-order valence-electron chi connectivity index (χ0n) is 13.5. The van der Waals surface area contributed by atoms with Gasteiger partial charge in [0.15, 0.2) is 0 Å². The van der Waals surface area contributed by atoms with Crippen molar-refractivity contribution in [3.8, 4) is 0 Å². The summed E-state index contributed by atoms with van der Waals surface area (Å²) in [6, 6.07) is 8.16. The lowest BCUT2D eigenvalue weighted by Gasteiger charge is -2.17. The number of pyridine rings is 1. The molecular formula is C17H18N4O3S. The summed E-state index contributed by atoms with van der Waals surface area (Å²) < 4.78 is 27.6. The van der Waals surface area contributed by atoms with E-state index in [9.17, 15) is 13.2 Å². The van der Waals surface area contributed by atoms with Crippen molar-refractivity contribution in [3.63, 3.8) is 0 Å². The Hall–Kier alpha value is -2.61. The molecule has 0 unspecified atom stereocenters. The van der Waals surface area contributed by atoms with Gasteiger partial charge in [0.1, 0.15) is 5.82 Å². The van der Waals surface area contributed by atoms with Crippen LogP contribution in [-0.2, 0) is 21.2 Å². The summed E-state index contributed by atoms with van der Waals surface area (Å²) in [4.78, 5) is 18.0. The quantitative estimate of drug-likeness (QED) is 0.872. The van der Waals surface area contributed by atoms with E-state index in [-0.39, 0.29) is 23.0 Å². The van der Waals surface area contributed by atoms with Gasteiger partial charge in [-0.1, -0.05) is 0 Å². The lowest BCUT2D eigenvalue weighted by atomic mass is 10.2. The minimum Gasteiger partial charge on any atom is -0.370 e. The Balaban J connectivity index is 1.53. The number of carbonyl (C=O) groups is 1. The highest BCUT2D eigenvalue weighted by Gasteiger charge is 2.22. The van der Waals surface area contributed by atoms with Gasteiger partial charge in [0.2, 0.25) is 5.91 Å². The van der Waals surface area contributed by atoms with Crippen LogP contribution in [0.25, 0.3) is 0 Å². The fourth-order valence-corrected chi connectivity index (χ4v) is 4.24. The molecule has 1 saturated heterocycles. The standard InChI is InChI=1S/C17H18N4O3S/c22-17-10-12-9-14(4-5-15(12)19-17)25(23,24)20-16-6-3-13(11-18-16)21-7-1-2-8-21/h3-6,9,11H,1-2,7-8,10H2,(H,18,20)(H,19,22). The smallest absolute Gasteiger partial charge is 0.263 e. The second kappa shape index (κ2) is 6.03. The predicted octanol–water partition coefficient (Wildman–Crippen LogP) is 1.98. The number of amides is 1. The number of carbonyl (C=O) groups excluding carboxylic acids is 1. The molecule has 0 spiro atoms. The molecule has 8 heteroatoms. The van der Waals surface area contributed by atoms with E-state index in [0.717, 1.165) is 18.8 Å². The van der Waals surface area contributed by atoms with Gasteiger partial charge in [-0.15, -0.1) is 0 Å². The number of benzene rings is 1. The topological polar surface area (TPSA) is 91.4 Å². The summed E-state index contributed by atoms with van der Waals surface area (Å²) in [6.07, 6.45) is 4.23. The molecule has 7 nitrogen and oxygen atoms in total. The van der Waals surface area contributed by atoms with E-state index in [2.05, 4.69) is 19.9 Å². The number of hydrogen-bond acceptors (Lipinski definition) is 5. The molecule has 0 aliphatic carbocycles. The molecular weight excluding hydrogens is 340 g/mol. The highest BCUT2D eigenvalue weighted by molar-refractivity contribution is 7.92. The Morgan fingerprint density at radius 3 is 2.64 bits per heavy atom. The van der Waals surface area contributed by atoms with Crippen molar-refractivity contribution in [2.75, 3.05) is 28.0 Å². The van der Waals surface area contributed by atoms with Crippen LogP contribution < -0.4 is 14.9 Å². The molecule has 0 atom stereocenters. The number of fused-ring (bicyclic) bond motifs is 1. The maximum atomic E-state index is 12.6. The summed E-state index contributed by atoms with van der Waals surface area (Å²) in [5.41, 5.74) is 2.35. The second-order valence-corrected chi connectivity index (χ2v) is 7.93. The van der Waals surface area contributed by atoms with Gasteiger partial charge >= 0.3 is 0 Å². The van der Waals surface area contributed by atoms with Crippen LogP contribution >= 0.6 is 0 Å². The van der Waals surface area contributed by atoms with Crippen LogP contribution in [-0.4, -0.2) is 32.4 Å². The SMILES string of the molecule is O=C1Cc2cc(S(=O)(=O)Nc3ccc(N4CCCC4)cn3)ccc2N1.